The summed E-state index contributed by atoms with van der Waals surface area (Å²) in [4.78, 5) is 2.14. The number of aliphatic hydroxyl groups excluding tert-OH is 1. The summed E-state index contributed by atoms with van der Waals surface area (Å²) in [6.07, 6.45) is -0.368. The van der Waals surface area contributed by atoms with Crippen molar-refractivity contribution in [2.75, 3.05) is 14.1 Å². The predicted molar refractivity (Wildman–Crippen MR) is 89.6 cm³/mol. The molecule has 0 aromatic heterocycles. The number of rotatable bonds is 3. The van der Waals surface area contributed by atoms with Gasteiger partial charge in [-0.1, -0.05) is 0 Å². The third kappa shape index (κ3) is 8.23. The summed E-state index contributed by atoms with van der Waals surface area (Å²) < 4.78 is 0. The molecule has 2 atom stereocenters. The van der Waals surface area contributed by atoms with E-state index >= 15 is 0 Å². The Morgan fingerprint density at radius 2 is 1.62 bits per heavy atom. The third-order valence-corrected chi connectivity index (χ3v) is 3.12. The fourth-order valence-electron chi connectivity index (χ4n) is 1.81. The zero-order chi connectivity index (χ0) is 13.5. The van der Waals surface area contributed by atoms with E-state index in [2.05, 4.69) is 17.9 Å². The van der Waals surface area contributed by atoms with E-state index in [1.807, 2.05) is 56.6 Å². The molecule has 0 aliphatic heterocycles. The quantitative estimate of drug-likeness (QED) is 0.666. The van der Waals surface area contributed by atoms with Crippen LogP contribution in [0.2, 0.25) is 0 Å². The molecular weight excluding hydrogens is 302 g/mol. The minimum absolute atomic E-state index is 0. The molecule has 0 spiro atoms. The zero-order valence-electron chi connectivity index (χ0n) is 14.0. The van der Waals surface area contributed by atoms with Crippen LogP contribution in [0.4, 0.5) is 0 Å². The molecule has 0 fully saturated rings. The van der Waals surface area contributed by atoms with Gasteiger partial charge in [0.25, 0.3) is 0 Å². The Labute approximate surface area is 142 Å². The van der Waals surface area contributed by atoms with E-state index in [0.717, 1.165) is 5.56 Å². The van der Waals surface area contributed by atoms with E-state index < -0.39 is 0 Å². The van der Waals surface area contributed by atoms with Crippen molar-refractivity contribution < 1.29 is 22.2 Å². The van der Waals surface area contributed by atoms with Crippen LogP contribution in [-0.2, 0) is 17.1 Å². The minimum atomic E-state index is -0.368. The Morgan fingerprint density at radius 3 is 1.95 bits per heavy atom. The van der Waals surface area contributed by atoms with E-state index in [1.54, 1.807) is 6.92 Å². The van der Waals surface area contributed by atoms with Crippen molar-refractivity contribution in [2.24, 2.45) is 0 Å². The van der Waals surface area contributed by atoms with Crippen LogP contribution < -0.4 is 0 Å². The van der Waals surface area contributed by atoms with E-state index in [4.69, 9.17) is 0 Å². The number of nitrogens with zero attached hydrogens (tertiary/aromatic N) is 1. The molecule has 2 aromatic carbocycles. The molecule has 0 saturated heterocycles. The van der Waals surface area contributed by atoms with Crippen LogP contribution in [0.1, 0.15) is 37.1 Å². The molecule has 0 aliphatic rings. The first-order valence-corrected chi connectivity index (χ1v) is 6.30. The van der Waals surface area contributed by atoms with Gasteiger partial charge in [-0.2, -0.15) is 24.3 Å². The van der Waals surface area contributed by atoms with Gasteiger partial charge in [0.2, 0.25) is 0 Å². The van der Waals surface area contributed by atoms with Crippen LogP contribution in [0.5, 0.6) is 0 Å². The van der Waals surface area contributed by atoms with Crippen molar-refractivity contribution in [3.05, 3.63) is 74.5 Å². The van der Waals surface area contributed by atoms with Crippen LogP contribution in [0.15, 0.2) is 48.5 Å². The van der Waals surface area contributed by atoms with Gasteiger partial charge in [-0.3, -0.25) is 0 Å². The summed E-state index contributed by atoms with van der Waals surface area (Å²) in [5.74, 6) is 0. The number of hydrogen-bond donors (Lipinski definition) is 1. The Kier molecular flexibility index (Phi) is 15.4. The molecule has 0 saturated carbocycles. The molecule has 2 rings (SSSR count). The van der Waals surface area contributed by atoms with E-state index in [9.17, 15) is 5.11 Å². The van der Waals surface area contributed by atoms with Crippen molar-refractivity contribution in [3.8, 4) is 0 Å². The molecule has 2 aromatic rings. The zero-order valence-corrected chi connectivity index (χ0v) is 15.1. The van der Waals surface area contributed by atoms with Crippen LogP contribution in [0.3, 0.4) is 0 Å². The van der Waals surface area contributed by atoms with Crippen LogP contribution in [0.25, 0.3) is 0 Å². The molecule has 2 nitrogen and oxygen atoms in total. The topological polar surface area (TPSA) is 23.5 Å². The SMILES string of the molecule is C[C@H](O)[c-]1cccc1[C@H](C)N(C)C.[CH3-].[CH3-].[Fe+2].c1cc[cH-]c1. The average molecular weight is 331 g/mol. The molecule has 0 radical (unpaired) electrons. The second-order valence-corrected chi connectivity index (χ2v) is 4.71. The minimum Gasteiger partial charge on any atom is -0.401 e. The summed E-state index contributed by atoms with van der Waals surface area (Å²) in [6.45, 7) is 3.95. The summed E-state index contributed by atoms with van der Waals surface area (Å²) in [5, 5.41) is 9.51. The molecule has 122 valence electrons. The van der Waals surface area contributed by atoms with Gasteiger partial charge in [0, 0.05) is 12.1 Å². The van der Waals surface area contributed by atoms with Gasteiger partial charge in [0.05, 0.1) is 0 Å². The first-order chi connectivity index (χ1) is 8.54. The van der Waals surface area contributed by atoms with E-state index in [1.165, 1.54) is 5.56 Å². The predicted octanol–water partition coefficient (Wildman–Crippen LogP) is 4.38. The van der Waals surface area contributed by atoms with Crippen molar-refractivity contribution in [2.45, 2.75) is 26.0 Å². The Bertz CT molecular complexity index is 401. The van der Waals surface area contributed by atoms with Crippen molar-refractivity contribution >= 4 is 0 Å². The smallest absolute Gasteiger partial charge is 0.401 e. The molecule has 1 N–H and O–H groups in total. The first-order valence-electron chi connectivity index (χ1n) is 6.30. The molecule has 0 amide bonds. The normalized spacial score (nSPS) is 11.9. The molecule has 0 unspecified atom stereocenters. The van der Waals surface area contributed by atoms with E-state index in [-0.39, 0.29) is 38.0 Å². The molecule has 0 aliphatic carbocycles. The van der Waals surface area contributed by atoms with Crippen molar-refractivity contribution in [3.63, 3.8) is 0 Å². The monoisotopic (exact) mass is 331 g/mol. The van der Waals surface area contributed by atoms with Gasteiger partial charge in [-0.05, 0) is 27.9 Å². The molecule has 0 bridgehead atoms. The van der Waals surface area contributed by atoms with Gasteiger partial charge in [0.1, 0.15) is 0 Å². The third-order valence-electron chi connectivity index (χ3n) is 3.12. The van der Waals surface area contributed by atoms with Gasteiger partial charge < -0.3 is 24.9 Å². The number of hydrogen-bond acceptors (Lipinski definition) is 2. The van der Waals surface area contributed by atoms with Crippen LogP contribution in [-0.4, -0.2) is 24.1 Å². The van der Waals surface area contributed by atoms with Crippen LogP contribution >= 0.6 is 0 Å². The van der Waals surface area contributed by atoms with E-state index in [0.29, 0.717) is 6.04 Å². The van der Waals surface area contributed by atoms with Crippen molar-refractivity contribution in [1.82, 2.24) is 4.90 Å². The number of aliphatic hydroxyl groups is 1. The summed E-state index contributed by atoms with van der Waals surface area (Å²) in [7, 11) is 4.09. The van der Waals surface area contributed by atoms with Gasteiger partial charge >= 0.3 is 17.1 Å². The second kappa shape index (κ2) is 12.8. The van der Waals surface area contributed by atoms with Gasteiger partial charge in [-0.15, -0.1) is 11.1 Å². The van der Waals surface area contributed by atoms with Crippen LogP contribution in [0, 0.1) is 14.9 Å². The van der Waals surface area contributed by atoms with Crippen molar-refractivity contribution in [1.29, 1.82) is 0 Å². The molecule has 0 heterocycles. The average Bonchev–Trinajstić information content (AvgIpc) is 3.01. The maximum Gasteiger partial charge on any atom is 2.00 e. The summed E-state index contributed by atoms with van der Waals surface area (Å²) in [6, 6.07) is 16.4. The summed E-state index contributed by atoms with van der Waals surface area (Å²) >= 11 is 0. The molecular formula is C18H29FeNO-2. The Morgan fingerprint density at radius 1 is 1.10 bits per heavy atom. The standard InChI is InChI=1S/C11H18NO.C5H5.2CH3.Fe/c1-8(12(3)4)10-6-5-7-11(10)9(2)13;1-2-4-5-3-1;;;/h5-9,13H,1-4H3;1-5H;2*1H3;/q4*-1;+2/t8-,9-;;;;/m0..../s1. The maximum absolute atomic E-state index is 9.51. The molecule has 3 heteroatoms. The second-order valence-electron chi connectivity index (χ2n) is 4.71. The Hall–Kier alpha value is -0.861. The fourth-order valence-corrected chi connectivity index (χ4v) is 1.81. The Balaban J connectivity index is -0.000000349. The maximum atomic E-state index is 9.51. The largest absolute Gasteiger partial charge is 2.00 e. The molecule has 21 heavy (non-hydrogen) atoms. The van der Waals surface area contributed by atoms with Gasteiger partial charge in [-0.25, -0.2) is 24.3 Å². The first kappa shape index (κ1) is 25.1. The summed E-state index contributed by atoms with van der Waals surface area (Å²) in [5.41, 5.74) is 2.27. The fraction of sp³-hybridized carbons (Fsp3) is 0.333. The van der Waals surface area contributed by atoms with Gasteiger partial charge in [0.15, 0.2) is 0 Å².